The highest BCUT2D eigenvalue weighted by molar-refractivity contribution is 5.12. The van der Waals surface area contributed by atoms with Crippen LogP contribution in [0.1, 0.15) is 96.4 Å². The SMILES string of the molecule is CC(C)c1cnnn1C(C)C.Cc1nnn(C(C)C)c1C(C)C. The first-order valence-electron chi connectivity index (χ1n) is 8.48. The second-order valence-electron chi connectivity index (χ2n) is 7.11. The molecule has 0 spiro atoms. The van der Waals surface area contributed by atoms with Crippen LogP contribution in [0.25, 0.3) is 0 Å². The number of rotatable bonds is 4. The average molecular weight is 320 g/mol. The molecule has 2 aromatic heterocycles. The van der Waals surface area contributed by atoms with Crippen molar-refractivity contribution in [2.45, 2.75) is 86.2 Å². The van der Waals surface area contributed by atoms with Gasteiger partial charge in [0.15, 0.2) is 0 Å². The van der Waals surface area contributed by atoms with E-state index in [9.17, 15) is 0 Å². The van der Waals surface area contributed by atoms with E-state index >= 15 is 0 Å². The van der Waals surface area contributed by atoms with Gasteiger partial charge < -0.3 is 0 Å². The topological polar surface area (TPSA) is 61.4 Å². The van der Waals surface area contributed by atoms with Gasteiger partial charge in [-0.25, -0.2) is 9.36 Å². The average Bonchev–Trinajstić information content (AvgIpc) is 3.04. The van der Waals surface area contributed by atoms with Crippen molar-refractivity contribution in [3.05, 3.63) is 23.3 Å². The summed E-state index contributed by atoms with van der Waals surface area (Å²) < 4.78 is 3.96. The third-order valence-electron chi connectivity index (χ3n) is 3.63. The Bertz CT molecular complexity index is 570. The van der Waals surface area contributed by atoms with Crippen LogP contribution in [0, 0.1) is 6.92 Å². The molecule has 2 aromatic rings. The van der Waals surface area contributed by atoms with E-state index in [1.54, 1.807) is 0 Å². The second kappa shape index (κ2) is 8.22. The molecule has 0 bridgehead atoms. The number of aromatic nitrogens is 6. The summed E-state index contributed by atoms with van der Waals surface area (Å²) in [5.74, 6) is 1.01. The molecule has 0 radical (unpaired) electrons. The maximum absolute atomic E-state index is 4.10. The van der Waals surface area contributed by atoms with E-state index in [2.05, 4.69) is 76.0 Å². The molecule has 0 N–H and O–H groups in total. The van der Waals surface area contributed by atoms with Crippen molar-refractivity contribution in [2.24, 2.45) is 0 Å². The van der Waals surface area contributed by atoms with Gasteiger partial charge in [-0.1, -0.05) is 38.1 Å². The summed E-state index contributed by atoms with van der Waals surface area (Å²) in [5, 5.41) is 16.1. The summed E-state index contributed by atoms with van der Waals surface area (Å²) >= 11 is 0. The fraction of sp³-hybridized carbons (Fsp3) is 0.765. The summed E-state index contributed by atoms with van der Waals surface area (Å²) in [7, 11) is 0. The molecular weight excluding hydrogens is 288 g/mol. The Labute approximate surface area is 140 Å². The molecule has 0 aliphatic carbocycles. The minimum absolute atomic E-state index is 0.406. The molecule has 0 unspecified atom stereocenters. The van der Waals surface area contributed by atoms with Gasteiger partial charge in [0.05, 0.1) is 23.3 Å². The Morgan fingerprint density at radius 1 is 0.783 bits per heavy atom. The van der Waals surface area contributed by atoms with E-state index in [0.717, 1.165) is 5.69 Å². The lowest BCUT2D eigenvalue weighted by molar-refractivity contribution is 0.484. The maximum atomic E-state index is 4.10. The molecule has 6 nitrogen and oxygen atoms in total. The first kappa shape index (κ1) is 19.3. The van der Waals surface area contributed by atoms with Gasteiger partial charge in [-0.15, -0.1) is 10.2 Å². The molecule has 0 aliphatic rings. The van der Waals surface area contributed by atoms with Crippen LogP contribution in [0.3, 0.4) is 0 Å². The van der Waals surface area contributed by atoms with Crippen molar-refractivity contribution in [1.82, 2.24) is 30.0 Å². The monoisotopic (exact) mass is 320 g/mol. The van der Waals surface area contributed by atoms with Crippen molar-refractivity contribution in [2.75, 3.05) is 0 Å². The van der Waals surface area contributed by atoms with Crippen LogP contribution < -0.4 is 0 Å². The Morgan fingerprint density at radius 2 is 1.35 bits per heavy atom. The van der Waals surface area contributed by atoms with Crippen LogP contribution >= 0.6 is 0 Å². The molecule has 0 fully saturated rings. The molecule has 0 aromatic carbocycles. The first-order valence-corrected chi connectivity index (χ1v) is 8.48. The van der Waals surface area contributed by atoms with Crippen LogP contribution in [0.2, 0.25) is 0 Å². The third kappa shape index (κ3) is 4.88. The van der Waals surface area contributed by atoms with Crippen LogP contribution in [-0.2, 0) is 0 Å². The van der Waals surface area contributed by atoms with E-state index in [1.165, 1.54) is 11.4 Å². The normalized spacial score (nSPS) is 11.5. The zero-order valence-corrected chi connectivity index (χ0v) is 16.1. The zero-order chi connectivity index (χ0) is 17.7. The van der Waals surface area contributed by atoms with Crippen LogP contribution in [0.4, 0.5) is 0 Å². The molecule has 6 heteroatoms. The van der Waals surface area contributed by atoms with Gasteiger partial charge in [-0.3, -0.25) is 0 Å². The minimum atomic E-state index is 0.406. The van der Waals surface area contributed by atoms with Crippen molar-refractivity contribution in [3.63, 3.8) is 0 Å². The van der Waals surface area contributed by atoms with E-state index in [0.29, 0.717) is 23.9 Å². The smallest absolute Gasteiger partial charge is 0.0831 e. The van der Waals surface area contributed by atoms with Gasteiger partial charge in [0, 0.05) is 12.1 Å². The summed E-state index contributed by atoms with van der Waals surface area (Å²) in [6.07, 6.45) is 1.84. The van der Waals surface area contributed by atoms with Gasteiger partial charge in [-0.05, 0) is 46.5 Å². The summed E-state index contributed by atoms with van der Waals surface area (Å²) in [4.78, 5) is 0. The standard InChI is InChI=1S/C9H17N3.C8H15N3/c1-6(2)9-8(5)10-11-12(9)7(3)4;1-6(2)8-5-9-10-11(8)7(3)4/h6-7H,1-5H3;5-7H,1-4H3. The largest absolute Gasteiger partial charge is 0.247 e. The lowest BCUT2D eigenvalue weighted by Gasteiger charge is -2.12. The molecule has 2 heterocycles. The van der Waals surface area contributed by atoms with Gasteiger partial charge in [-0.2, -0.15) is 0 Å². The van der Waals surface area contributed by atoms with Gasteiger partial charge in [0.1, 0.15) is 0 Å². The second-order valence-corrected chi connectivity index (χ2v) is 7.11. The summed E-state index contributed by atoms with van der Waals surface area (Å²) in [5.41, 5.74) is 3.52. The number of hydrogen-bond donors (Lipinski definition) is 0. The van der Waals surface area contributed by atoms with Gasteiger partial charge in [0.25, 0.3) is 0 Å². The lowest BCUT2D eigenvalue weighted by Crippen LogP contribution is -2.09. The van der Waals surface area contributed by atoms with Gasteiger partial charge >= 0.3 is 0 Å². The zero-order valence-electron chi connectivity index (χ0n) is 16.1. The van der Waals surface area contributed by atoms with Gasteiger partial charge in [0.2, 0.25) is 0 Å². The highest BCUT2D eigenvalue weighted by Crippen LogP contribution is 2.19. The number of hydrogen-bond acceptors (Lipinski definition) is 4. The van der Waals surface area contributed by atoms with Crippen molar-refractivity contribution in [1.29, 1.82) is 0 Å². The number of aryl methyl sites for hydroxylation is 1. The van der Waals surface area contributed by atoms with E-state index in [-0.39, 0.29) is 0 Å². The molecule has 23 heavy (non-hydrogen) atoms. The Balaban J connectivity index is 0.000000231. The van der Waals surface area contributed by atoms with E-state index in [1.807, 2.05) is 22.5 Å². The summed E-state index contributed by atoms with van der Waals surface area (Å²) in [6, 6.07) is 0.818. The number of nitrogens with zero attached hydrogens (tertiary/aromatic N) is 6. The molecule has 0 aliphatic heterocycles. The highest BCUT2D eigenvalue weighted by atomic mass is 15.4. The van der Waals surface area contributed by atoms with Crippen LogP contribution in [0.15, 0.2) is 6.20 Å². The lowest BCUT2D eigenvalue weighted by atomic mass is 10.1. The molecule has 2 rings (SSSR count). The van der Waals surface area contributed by atoms with Crippen molar-refractivity contribution in [3.8, 4) is 0 Å². The predicted molar refractivity (Wildman–Crippen MR) is 93.7 cm³/mol. The predicted octanol–water partition coefficient (Wildman–Crippen LogP) is 4.27. The first-order chi connectivity index (χ1) is 10.7. The van der Waals surface area contributed by atoms with E-state index < -0.39 is 0 Å². The quantitative estimate of drug-likeness (QED) is 0.844. The minimum Gasteiger partial charge on any atom is -0.247 e. The van der Waals surface area contributed by atoms with Crippen molar-refractivity contribution < 1.29 is 0 Å². The maximum Gasteiger partial charge on any atom is 0.0831 e. The fourth-order valence-corrected chi connectivity index (χ4v) is 2.51. The third-order valence-corrected chi connectivity index (χ3v) is 3.63. The summed E-state index contributed by atoms with van der Waals surface area (Å²) in [6.45, 7) is 19.1. The fourth-order valence-electron chi connectivity index (χ4n) is 2.51. The highest BCUT2D eigenvalue weighted by Gasteiger charge is 2.14. The molecule has 0 saturated heterocycles. The Morgan fingerprint density at radius 3 is 1.70 bits per heavy atom. The van der Waals surface area contributed by atoms with E-state index in [4.69, 9.17) is 0 Å². The van der Waals surface area contributed by atoms with Crippen LogP contribution in [0.5, 0.6) is 0 Å². The van der Waals surface area contributed by atoms with Crippen LogP contribution in [-0.4, -0.2) is 30.0 Å². The molecule has 0 saturated carbocycles. The van der Waals surface area contributed by atoms with Crippen molar-refractivity contribution >= 4 is 0 Å². The molecule has 0 amide bonds. The Hall–Kier alpha value is -1.72. The Kier molecular flexibility index (Phi) is 6.91. The molecular formula is C17H32N6. The molecule has 0 atom stereocenters. The molecule has 130 valence electrons.